The Labute approximate surface area is 337 Å². The molecular formula is C45H49F2N7O4. The molecule has 5 fully saturated rings. The summed E-state index contributed by atoms with van der Waals surface area (Å²) in [5, 5.41) is 21.3. The molecule has 9 rings (SSSR count). The number of nitrogens with zero attached hydrogens (tertiary/aromatic N) is 6. The maximum Gasteiger partial charge on any atom is 0.270 e. The van der Waals surface area contributed by atoms with Crippen LogP contribution < -0.4 is 15.1 Å². The summed E-state index contributed by atoms with van der Waals surface area (Å²) < 4.78 is 32.0. The minimum Gasteiger partial charge on any atom is -0.507 e. The van der Waals surface area contributed by atoms with E-state index in [0.717, 1.165) is 48.4 Å². The summed E-state index contributed by atoms with van der Waals surface area (Å²) in [6.45, 7) is 3.53. The van der Waals surface area contributed by atoms with Crippen molar-refractivity contribution in [3.8, 4) is 17.0 Å². The van der Waals surface area contributed by atoms with E-state index in [9.17, 15) is 19.5 Å². The quantitative estimate of drug-likeness (QED) is 0.220. The number of hydrogen-bond acceptors (Lipinski definition) is 9. The zero-order valence-electron chi connectivity index (χ0n) is 32.5. The summed E-state index contributed by atoms with van der Waals surface area (Å²) >= 11 is 0. The number of alkyl halides is 2. The number of hydrogen-bond donors (Lipinski definition) is 2. The van der Waals surface area contributed by atoms with Crippen molar-refractivity contribution in [3.05, 3.63) is 102 Å². The number of halogens is 2. The van der Waals surface area contributed by atoms with E-state index in [0.29, 0.717) is 62.5 Å². The smallest absolute Gasteiger partial charge is 0.270 e. The predicted octanol–water partition coefficient (Wildman–Crippen LogP) is 5.60. The third kappa shape index (κ3) is 6.96. The number of aromatic hydroxyl groups is 1. The molecule has 3 aromatic carbocycles. The molecule has 0 radical (unpaired) electrons. The number of nitrogens with one attached hydrogen (secondary N) is 1. The van der Waals surface area contributed by atoms with Crippen LogP contribution in [0.1, 0.15) is 55.6 Å². The van der Waals surface area contributed by atoms with Crippen molar-refractivity contribution in [1.29, 1.82) is 0 Å². The van der Waals surface area contributed by atoms with Crippen LogP contribution in [-0.4, -0.2) is 108 Å². The highest BCUT2D eigenvalue weighted by Crippen LogP contribution is 2.52. The Hall–Kier alpha value is -5.43. The summed E-state index contributed by atoms with van der Waals surface area (Å²) in [5.74, 6) is -3.31. The summed E-state index contributed by atoms with van der Waals surface area (Å²) in [6.07, 6.45) is 5.41. The molecule has 5 aliphatic rings. The first-order valence-corrected chi connectivity index (χ1v) is 20.5. The van der Waals surface area contributed by atoms with E-state index in [4.69, 9.17) is 0 Å². The number of amides is 3. The fraction of sp³-hybridized carbons (Fsp3) is 0.444. The van der Waals surface area contributed by atoms with Crippen molar-refractivity contribution in [1.82, 2.24) is 25.3 Å². The number of aromatic nitrogens is 2. The van der Waals surface area contributed by atoms with Crippen LogP contribution >= 0.6 is 0 Å². The number of phenols is 1. The van der Waals surface area contributed by atoms with E-state index in [1.165, 1.54) is 0 Å². The fourth-order valence-corrected chi connectivity index (χ4v) is 10.2. The van der Waals surface area contributed by atoms with Gasteiger partial charge < -0.3 is 19.8 Å². The van der Waals surface area contributed by atoms with Gasteiger partial charge in [0.1, 0.15) is 5.75 Å². The van der Waals surface area contributed by atoms with Gasteiger partial charge in [-0.25, -0.2) is 8.78 Å². The molecule has 2 N–H and O–H groups in total. The van der Waals surface area contributed by atoms with Gasteiger partial charge in [-0.2, -0.15) is 10.2 Å². The lowest BCUT2D eigenvalue weighted by atomic mass is 9.68. The third-order valence-electron chi connectivity index (χ3n) is 13.6. The number of piperidine rings is 3. The van der Waals surface area contributed by atoms with Gasteiger partial charge in [-0.3, -0.25) is 24.6 Å². The molecule has 5 saturated heterocycles. The van der Waals surface area contributed by atoms with Crippen molar-refractivity contribution in [2.24, 2.45) is 11.3 Å². The largest absolute Gasteiger partial charge is 0.507 e. The molecule has 0 bridgehead atoms. The maximum absolute atomic E-state index is 16.0. The minimum absolute atomic E-state index is 0.0547. The number of anilines is 2. The molecule has 3 amide bonds. The first-order valence-electron chi connectivity index (χ1n) is 20.5. The summed E-state index contributed by atoms with van der Waals surface area (Å²) in [4.78, 5) is 46.6. The number of likely N-dealkylation sites (tertiary alicyclic amines) is 2. The second-order valence-electron chi connectivity index (χ2n) is 17.1. The van der Waals surface area contributed by atoms with E-state index in [-0.39, 0.29) is 55.6 Å². The van der Waals surface area contributed by atoms with Gasteiger partial charge in [0, 0.05) is 70.0 Å². The average Bonchev–Trinajstić information content (AvgIpc) is 3.50. The third-order valence-corrected chi connectivity index (χ3v) is 13.6. The van der Waals surface area contributed by atoms with Gasteiger partial charge in [-0.1, -0.05) is 54.6 Å². The average molecular weight is 790 g/mol. The van der Waals surface area contributed by atoms with Crippen LogP contribution in [0.5, 0.6) is 5.75 Å². The molecule has 1 atom stereocenters. The van der Waals surface area contributed by atoms with Crippen molar-refractivity contribution >= 4 is 29.1 Å². The van der Waals surface area contributed by atoms with Crippen LogP contribution in [0.4, 0.5) is 20.2 Å². The van der Waals surface area contributed by atoms with E-state index in [1.54, 1.807) is 29.3 Å². The molecule has 1 aromatic heterocycles. The van der Waals surface area contributed by atoms with E-state index < -0.39 is 16.8 Å². The zero-order chi connectivity index (χ0) is 40.1. The van der Waals surface area contributed by atoms with Crippen LogP contribution in [0.15, 0.2) is 91.1 Å². The maximum atomic E-state index is 16.0. The van der Waals surface area contributed by atoms with Crippen molar-refractivity contribution < 1.29 is 28.3 Å². The molecule has 5 aliphatic heterocycles. The van der Waals surface area contributed by atoms with Crippen molar-refractivity contribution in [2.45, 2.75) is 55.8 Å². The van der Waals surface area contributed by atoms with Crippen LogP contribution in [0.2, 0.25) is 0 Å². The van der Waals surface area contributed by atoms with Crippen LogP contribution in [-0.2, 0) is 19.8 Å². The summed E-state index contributed by atoms with van der Waals surface area (Å²) in [7, 11) is 0. The first-order chi connectivity index (χ1) is 28.0. The molecule has 0 unspecified atom stereocenters. The van der Waals surface area contributed by atoms with Crippen molar-refractivity contribution in [3.63, 3.8) is 0 Å². The molecule has 0 aliphatic carbocycles. The number of rotatable bonds is 8. The molecule has 6 heterocycles. The molecule has 58 heavy (non-hydrogen) atoms. The second kappa shape index (κ2) is 15.1. The standard InChI is InChI=1S/C45H49F2N7O4/c46-45(47)30-51(26-31-16-20-52(21-17-31)34-12-10-32(11-13-34)36-14-15-40(56)49-41(36)57)27-43(45)28-54(29-43)42(58)44(33-6-2-1-3-7-33)18-22-53(23-19-44)35-24-38(50-48-25-35)37-8-4-5-9-39(37)55/h1-13,24-25,31,36,55H,14-23,26-30H2,(H,49,56,57)/t36-/m1/s1. The Morgan fingerprint density at radius 3 is 2.21 bits per heavy atom. The van der Waals surface area contributed by atoms with E-state index in [2.05, 4.69) is 25.3 Å². The SMILES string of the molecule is O=C1CC[C@H](c2ccc(N3CCC(CN4CC(F)(F)C5(C4)CN(C(=O)C4(c6ccccc6)CCN(c6cnnc(-c7ccccc7O)c6)CC4)C5)CC3)cc2)C(=O)N1. The highest BCUT2D eigenvalue weighted by atomic mass is 19.3. The molecule has 11 nitrogen and oxygen atoms in total. The normalized spacial score (nSPS) is 23.1. The van der Waals surface area contributed by atoms with Gasteiger partial charge in [0.05, 0.1) is 40.9 Å². The van der Waals surface area contributed by atoms with Gasteiger partial charge in [0.25, 0.3) is 5.92 Å². The van der Waals surface area contributed by atoms with Crippen molar-refractivity contribution in [2.75, 3.05) is 68.7 Å². The van der Waals surface area contributed by atoms with Gasteiger partial charge in [0.15, 0.2) is 0 Å². The molecule has 4 aromatic rings. The first kappa shape index (κ1) is 38.1. The van der Waals surface area contributed by atoms with E-state index in [1.807, 2.05) is 71.6 Å². The van der Waals surface area contributed by atoms with Gasteiger partial charge in [-0.15, -0.1) is 0 Å². The summed E-state index contributed by atoms with van der Waals surface area (Å²) in [5.41, 5.74) is 2.83. The Bertz CT molecular complexity index is 2160. The predicted molar refractivity (Wildman–Crippen MR) is 216 cm³/mol. The number of phenolic OH excluding ortho intramolecular Hbond substituents is 1. The Balaban J connectivity index is 0.813. The van der Waals surface area contributed by atoms with Crippen LogP contribution in [0.3, 0.4) is 0 Å². The van der Waals surface area contributed by atoms with E-state index >= 15 is 8.78 Å². The lowest BCUT2D eigenvalue weighted by Crippen LogP contribution is -2.69. The number of carbonyl (C=O) groups excluding carboxylic acids is 3. The van der Waals surface area contributed by atoms with Crippen LogP contribution in [0, 0.1) is 11.3 Å². The minimum atomic E-state index is -2.89. The number of carbonyl (C=O) groups is 3. The zero-order valence-corrected chi connectivity index (χ0v) is 32.5. The Morgan fingerprint density at radius 2 is 1.50 bits per heavy atom. The molecule has 302 valence electrons. The number of para-hydroxylation sites is 1. The lowest BCUT2D eigenvalue weighted by Gasteiger charge is -2.54. The fourth-order valence-electron chi connectivity index (χ4n) is 10.2. The number of imide groups is 1. The molecular weight excluding hydrogens is 741 g/mol. The lowest BCUT2D eigenvalue weighted by molar-refractivity contribution is -0.178. The highest BCUT2D eigenvalue weighted by Gasteiger charge is 2.67. The topological polar surface area (TPSA) is 122 Å². The van der Waals surface area contributed by atoms with Gasteiger partial charge >= 0.3 is 0 Å². The second-order valence-corrected chi connectivity index (χ2v) is 17.1. The van der Waals surface area contributed by atoms with Gasteiger partial charge in [0.2, 0.25) is 17.7 Å². The van der Waals surface area contributed by atoms with Crippen LogP contribution in [0.25, 0.3) is 11.3 Å². The highest BCUT2D eigenvalue weighted by molar-refractivity contribution is 6.01. The molecule has 13 heteroatoms. The Morgan fingerprint density at radius 1 is 0.810 bits per heavy atom. The Kier molecular flexibility index (Phi) is 9.90. The molecule has 1 spiro atoms. The van der Waals surface area contributed by atoms with Gasteiger partial charge in [-0.05, 0) is 79.5 Å². The summed E-state index contributed by atoms with van der Waals surface area (Å²) in [6, 6.07) is 26.7. The number of benzene rings is 3. The monoisotopic (exact) mass is 789 g/mol. The molecule has 0 saturated carbocycles.